The smallest absolute Gasteiger partial charge is 0.410 e. The van der Waals surface area contributed by atoms with E-state index in [4.69, 9.17) is 14.2 Å². The number of nitriles is 1. The van der Waals surface area contributed by atoms with Crippen LogP contribution in [0.4, 0.5) is 15.5 Å². The van der Waals surface area contributed by atoms with Gasteiger partial charge in [-0.3, -0.25) is 9.59 Å². The van der Waals surface area contributed by atoms with Gasteiger partial charge in [0.2, 0.25) is 5.91 Å². The van der Waals surface area contributed by atoms with Crippen LogP contribution in [0.5, 0.6) is 11.5 Å². The number of carbonyl (C=O) groups excluding carboxylic acids is 3. The van der Waals surface area contributed by atoms with E-state index in [9.17, 15) is 19.6 Å². The molecule has 0 saturated carbocycles. The molecule has 1 aliphatic heterocycles. The summed E-state index contributed by atoms with van der Waals surface area (Å²) in [5, 5.41) is 15.8. The van der Waals surface area contributed by atoms with Crippen molar-refractivity contribution in [2.24, 2.45) is 0 Å². The summed E-state index contributed by atoms with van der Waals surface area (Å²) in [6.45, 7) is 8.14. The predicted octanol–water partition coefficient (Wildman–Crippen LogP) is 6.69. The van der Waals surface area contributed by atoms with Crippen molar-refractivity contribution in [3.05, 3.63) is 64.0 Å². The van der Waals surface area contributed by atoms with Gasteiger partial charge in [-0.2, -0.15) is 5.26 Å². The van der Waals surface area contributed by atoms with Crippen LogP contribution in [0, 0.1) is 11.3 Å². The van der Waals surface area contributed by atoms with Gasteiger partial charge in [0.15, 0.2) is 0 Å². The van der Waals surface area contributed by atoms with E-state index >= 15 is 0 Å². The van der Waals surface area contributed by atoms with Gasteiger partial charge in [0, 0.05) is 22.0 Å². The van der Waals surface area contributed by atoms with Crippen molar-refractivity contribution in [2.45, 2.75) is 62.8 Å². The minimum Gasteiger partial charge on any atom is -0.496 e. The maximum Gasteiger partial charge on any atom is 0.410 e. The van der Waals surface area contributed by atoms with Crippen LogP contribution in [0.3, 0.4) is 0 Å². The molecule has 232 valence electrons. The SMILES string of the molecule is CCC(Sc1cccc(NC(=O)c2c(OC)cccc2OC)c1)C(=O)Nc1sc2c(c1C#N)CCN(C(=O)OC(C)(C)C)C2. The Bertz CT molecular complexity index is 1570. The third-order valence-electron chi connectivity index (χ3n) is 6.75. The van der Waals surface area contributed by atoms with E-state index in [-0.39, 0.29) is 17.4 Å². The summed E-state index contributed by atoms with van der Waals surface area (Å²) in [6.07, 6.45) is 0.642. The second-order valence-electron chi connectivity index (χ2n) is 11.0. The fourth-order valence-corrected chi connectivity index (χ4v) is 6.92. The van der Waals surface area contributed by atoms with E-state index in [1.54, 1.807) is 41.3 Å². The summed E-state index contributed by atoms with van der Waals surface area (Å²) >= 11 is 2.69. The van der Waals surface area contributed by atoms with Gasteiger partial charge in [-0.05, 0) is 69.5 Å². The van der Waals surface area contributed by atoms with Crippen LogP contribution >= 0.6 is 23.1 Å². The highest BCUT2D eigenvalue weighted by Crippen LogP contribution is 2.38. The molecule has 0 aliphatic carbocycles. The monoisotopic (exact) mass is 636 g/mol. The largest absolute Gasteiger partial charge is 0.496 e. The zero-order valence-corrected chi connectivity index (χ0v) is 27.2. The number of rotatable bonds is 9. The average molecular weight is 637 g/mol. The number of hydrogen-bond acceptors (Lipinski definition) is 9. The minimum atomic E-state index is -0.606. The van der Waals surface area contributed by atoms with E-state index in [1.807, 2.05) is 33.8 Å². The van der Waals surface area contributed by atoms with Gasteiger partial charge in [0.25, 0.3) is 5.91 Å². The molecule has 0 spiro atoms. The quantitative estimate of drug-likeness (QED) is 0.249. The summed E-state index contributed by atoms with van der Waals surface area (Å²) < 4.78 is 16.2. The number of fused-ring (bicyclic) bond motifs is 1. The molecule has 1 unspecified atom stereocenters. The van der Waals surface area contributed by atoms with Crippen molar-refractivity contribution in [1.82, 2.24) is 4.90 Å². The highest BCUT2D eigenvalue weighted by Gasteiger charge is 2.31. The molecule has 44 heavy (non-hydrogen) atoms. The first kappa shape index (κ1) is 32.7. The van der Waals surface area contributed by atoms with Gasteiger partial charge >= 0.3 is 6.09 Å². The van der Waals surface area contributed by atoms with Crippen molar-refractivity contribution < 1.29 is 28.6 Å². The van der Waals surface area contributed by atoms with Crippen molar-refractivity contribution in [2.75, 3.05) is 31.4 Å². The Balaban J connectivity index is 1.46. The number of hydrogen-bond donors (Lipinski definition) is 2. The van der Waals surface area contributed by atoms with Gasteiger partial charge in [-0.15, -0.1) is 23.1 Å². The first-order valence-corrected chi connectivity index (χ1v) is 15.8. The molecular formula is C32H36N4O6S2. The van der Waals surface area contributed by atoms with Crippen LogP contribution in [0.2, 0.25) is 0 Å². The number of ether oxygens (including phenoxy) is 3. The fraction of sp³-hybridized carbons (Fsp3) is 0.375. The molecule has 2 N–H and O–H groups in total. The number of thioether (sulfide) groups is 1. The summed E-state index contributed by atoms with van der Waals surface area (Å²) in [6, 6.07) is 14.6. The molecule has 0 radical (unpaired) electrons. The zero-order valence-electron chi connectivity index (χ0n) is 25.6. The summed E-state index contributed by atoms with van der Waals surface area (Å²) in [4.78, 5) is 42.5. The second kappa shape index (κ2) is 14.1. The Morgan fingerprint density at radius 2 is 1.77 bits per heavy atom. The molecule has 0 bridgehead atoms. The lowest BCUT2D eigenvalue weighted by atomic mass is 10.0. The standard InChI is InChI=1S/C32H36N4O6S2/c1-7-25(43-20-11-8-10-19(16-20)34-29(38)27-23(40-5)12-9-13-24(27)41-6)28(37)35-30-22(17-33)21-14-15-36(18-26(21)44-30)31(39)42-32(2,3)4/h8-13,16,25H,7,14-15,18H2,1-6H3,(H,34,38)(H,35,37). The van der Waals surface area contributed by atoms with E-state index < -0.39 is 16.9 Å². The Hall–Kier alpha value is -4.21. The Kier molecular flexibility index (Phi) is 10.4. The highest BCUT2D eigenvalue weighted by molar-refractivity contribution is 8.00. The number of amides is 3. The molecule has 4 rings (SSSR count). The topological polar surface area (TPSA) is 130 Å². The molecule has 2 heterocycles. The second-order valence-corrected chi connectivity index (χ2v) is 13.4. The van der Waals surface area contributed by atoms with Crippen LogP contribution in [-0.2, 0) is 22.5 Å². The zero-order chi connectivity index (χ0) is 32.0. The number of thiophene rings is 1. The number of carbonyl (C=O) groups is 3. The molecule has 10 nitrogen and oxygen atoms in total. The van der Waals surface area contributed by atoms with Crippen LogP contribution in [0.25, 0.3) is 0 Å². The average Bonchev–Trinajstić information content (AvgIpc) is 3.34. The van der Waals surface area contributed by atoms with E-state index in [2.05, 4.69) is 16.7 Å². The predicted molar refractivity (Wildman–Crippen MR) is 172 cm³/mol. The Morgan fingerprint density at radius 1 is 1.09 bits per heavy atom. The molecule has 2 aromatic carbocycles. The molecule has 3 amide bonds. The molecule has 0 saturated heterocycles. The molecule has 0 fully saturated rings. The van der Waals surface area contributed by atoms with Crippen LogP contribution in [0.1, 0.15) is 60.5 Å². The summed E-state index contributed by atoms with van der Waals surface area (Å²) in [7, 11) is 2.98. The first-order chi connectivity index (χ1) is 21.0. The number of nitrogens with zero attached hydrogens (tertiary/aromatic N) is 2. The van der Waals surface area contributed by atoms with Gasteiger partial charge in [0.05, 0.1) is 31.6 Å². The summed E-state index contributed by atoms with van der Waals surface area (Å²) in [5.41, 5.74) is 1.53. The van der Waals surface area contributed by atoms with Crippen molar-refractivity contribution in [3.63, 3.8) is 0 Å². The van der Waals surface area contributed by atoms with Crippen LogP contribution in [0.15, 0.2) is 47.4 Å². The number of anilines is 2. The third-order valence-corrected chi connectivity index (χ3v) is 9.24. The molecule has 1 aromatic heterocycles. The highest BCUT2D eigenvalue weighted by atomic mass is 32.2. The Morgan fingerprint density at radius 3 is 2.39 bits per heavy atom. The minimum absolute atomic E-state index is 0.232. The lowest BCUT2D eigenvalue weighted by Crippen LogP contribution is -2.39. The van der Waals surface area contributed by atoms with Crippen molar-refractivity contribution in [1.29, 1.82) is 5.26 Å². The Labute approximate surface area is 265 Å². The normalized spacial score (nSPS) is 13.2. The van der Waals surface area contributed by atoms with Crippen molar-refractivity contribution >= 4 is 51.7 Å². The van der Waals surface area contributed by atoms with E-state index in [0.29, 0.717) is 53.7 Å². The fourth-order valence-electron chi connectivity index (χ4n) is 4.69. The number of benzene rings is 2. The maximum atomic E-state index is 13.4. The lowest BCUT2D eigenvalue weighted by Gasteiger charge is -2.29. The van der Waals surface area contributed by atoms with Crippen LogP contribution < -0.4 is 20.1 Å². The molecular weight excluding hydrogens is 601 g/mol. The first-order valence-electron chi connectivity index (χ1n) is 14.1. The molecule has 1 atom stereocenters. The van der Waals surface area contributed by atoms with E-state index in [1.165, 1.54) is 37.3 Å². The lowest BCUT2D eigenvalue weighted by molar-refractivity contribution is -0.115. The van der Waals surface area contributed by atoms with Gasteiger partial charge in [-0.25, -0.2) is 4.79 Å². The van der Waals surface area contributed by atoms with Gasteiger partial charge in [0.1, 0.15) is 33.7 Å². The van der Waals surface area contributed by atoms with E-state index in [0.717, 1.165) is 15.3 Å². The van der Waals surface area contributed by atoms with Gasteiger partial charge in [-0.1, -0.05) is 19.1 Å². The maximum absolute atomic E-state index is 13.4. The third kappa shape index (κ3) is 7.65. The number of methoxy groups -OCH3 is 2. The summed E-state index contributed by atoms with van der Waals surface area (Å²) in [5.74, 6) is 0.159. The number of nitrogens with one attached hydrogen (secondary N) is 2. The molecule has 3 aromatic rings. The van der Waals surface area contributed by atoms with Crippen LogP contribution in [-0.4, -0.2) is 54.4 Å². The molecule has 12 heteroatoms. The van der Waals surface area contributed by atoms with Gasteiger partial charge < -0.3 is 29.7 Å². The molecule has 1 aliphatic rings. The van der Waals surface area contributed by atoms with Crippen molar-refractivity contribution in [3.8, 4) is 17.6 Å².